The molecule has 1 rings (SSSR count). The molecule has 96 valence electrons. The largest absolute Gasteiger partial charge is 0.354 e. The Bertz CT molecular complexity index is 300. The molecule has 0 unspecified atom stereocenters. The van der Waals surface area contributed by atoms with Crippen LogP contribution in [0.5, 0.6) is 0 Å². The van der Waals surface area contributed by atoms with Crippen molar-refractivity contribution in [1.82, 2.24) is 10.2 Å². The van der Waals surface area contributed by atoms with Crippen molar-refractivity contribution in [3.05, 3.63) is 0 Å². The highest BCUT2D eigenvalue weighted by Gasteiger charge is 2.29. The van der Waals surface area contributed by atoms with Gasteiger partial charge in [-0.3, -0.25) is 19.3 Å². The zero-order valence-electron chi connectivity index (χ0n) is 10.2. The predicted octanol–water partition coefficient (Wildman–Crippen LogP) is 1.23. The maximum absolute atomic E-state index is 11.6. The molecule has 0 saturated carbocycles. The predicted molar refractivity (Wildman–Crippen MR) is 66.6 cm³/mol. The van der Waals surface area contributed by atoms with Crippen LogP contribution in [0.15, 0.2) is 0 Å². The molecule has 3 amide bonds. The summed E-state index contributed by atoms with van der Waals surface area (Å²) in [6.45, 7) is 4.56. The summed E-state index contributed by atoms with van der Waals surface area (Å²) in [5.41, 5.74) is 0. The minimum Gasteiger partial charge on any atom is -0.354 e. The standard InChI is InChI=1S/C11H18N2O3S/c1-3-8(4-2)10(15)12-5-6-13-9(14)7-17-11(13)16/h8H,3-7H2,1-2H3,(H,12,15). The van der Waals surface area contributed by atoms with Crippen molar-refractivity contribution in [3.8, 4) is 0 Å². The van der Waals surface area contributed by atoms with Gasteiger partial charge in [0.15, 0.2) is 0 Å². The molecule has 0 atom stereocenters. The van der Waals surface area contributed by atoms with Gasteiger partial charge in [-0.2, -0.15) is 0 Å². The molecule has 1 N–H and O–H groups in total. The first-order valence-electron chi connectivity index (χ1n) is 5.85. The molecule has 1 heterocycles. The van der Waals surface area contributed by atoms with E-state index in [0.29, 0.717) is 6.54 Å². The molecule has 0 spiro atoms. The molecule has 1 aliphatic heterocycles. The fourth-order valence-corrected chi connectivity index (χ4v) is 2.44. The Kier molecular flexibility index (Phi) is 5.47. The Morgan fingerprint density at radius 1 is 1.41 bits per heavy atom. The summed E-state index contributed by atoms with van der Waals surface area (Å²) in [5.74, 6) is 0.0761. The highest BCUT2D eigenvalue weighted by atomic mass is 32.2. The van der Waals surface area contributed by atoms with Gasteiger partial charge in [-0.05, 0) is 12.8 Å². The van der Waals surface area contributed by atoms with E-state index in [1.54, 1.807) is 0 Å². The van der Waals surface area contributed by atoms with E-state index in [9.17, 15) is 14.4 Å². The Balaban J connectivity index is 2.30. The lowest BCUT2D eigenvalue weighted by Gasteiger charge is -2.16. The van der Waals surface area contributed by atoms with Crippen molar-refractivity contribution in [2.24, 2.45) is 5.92 Å². The van der Waals surface area contributed by atoms with Crippen LogP contribution < -0.4 is 5.32 Å². The van der Waals surface area contributed by atoms with E-state index < -0.39 is 0 Å². The smallest absolute Gasteiger partial charge is 0.288 e. The lowest BCUT2D eigenvalue weighted by molar-refractivity contribution is -0.127. The van der Waals surface area contributed by atoms with Crippen molar-refractivity contribution in [1.29, 1.82) is 0 Å². The monoisotopic (exact) mass is 258 g/mol. The van der Waals surface area contributed by atoms with Gasteiger partial charge in [0, 0.05) is 19.0 Å². The number of amides is 3. The second-order valence-corrected chi connectivity index (χ2v) is 4.83. The number of nitrogens with zero attached hydrogens (tertiary/aromatic N) is 1. The topological polar surface area (TPSA) is 66.5 Å². The van der Waals surface area contributed by atoms with Gasteiger partial charge in [-0.1, -0.05) is 25.6 Å². The summed E-state index contributed by atoms with van der Waals surface area (Å²) in [6.07, 6.45) is 1.61. The third-order valence-electron chi connectivity index (χ3n) is 2.83. The minimum atomic E-state index is -0.216. The molecule has 6 heteroatoms. The van der Waals surface area contributed by atoms with Crippen LogP contribution in [0.4, 0.5) is 4.79 Å². The molecular formula is C11H18N2O3S. The second-order valence-electron chi connectivity index (χ2n) is 3.90. The summed E-state index contributed by atoms with van der Waals surface area (Å²) in [5, 5.41) is 2.54. The van der Waals surface area contributed by atoms with Crippen molar-refractivity contribution in [2.75, 3.05) is 18.8 Å². The van der Waals surface area contributed by atoms with Crippen LogP contribution in [-0.2, 0) is 9.59 Å². The van der Waals surface area contributed by atoms with E-state index in [1.165, 1.54) is 4.90 Å². The summed E-state index contributed by atoms with van der Waals surface area (Å²) < 4.78 is 0. The van der Waals surface area contributed by atoms with Crippen LogP contribution in [0.1, 0.15) is 26.7 Å². The summed E-state index contributed by atoms with van der Waals surface area (Å²) in [6, 6.07) is 0. The number of imide groups is 1. The summed E-state index contributed by atoms with van der Waals surface area (Å²) >= 11 is 1.01. The first kappa shape index (κ1) is 14.0. The average Bonchev–Trinajstić information content (AvgIpc) is 2.62. The van der Waals surface area contributed by atoms with Crippen molar-refractivity contribution < 1.29 is 14.4 Å². The third-order valence-corrected chi connectivity index (χ3v) is 3.69. The molecule has 0 radical (unpaired) electrons. The average molecular weight is 258 g/mol. The van der Waals surface area contributed by atoms with Crippen LogP contribution in [0.25, 0.3) is 0 Å². The van der Waals surface area contributed by atoms with Crippen LogP contribution >= 0.6 is 11.8 Å². The van der Waals surface area contributed by atoms with Gasteiger partial charge in [0.25, 0.3) is 5.24 Å². The van der Waals surface area contributed by atoms with Crippen LogP contribution in [0, 0.1) is 5.92 Å². The number of carbonyl (C=O) groups is 3. The first-order valence-corrected chi connectivity index (χ1v) is 6.83. The Labute approximate surface area is 105 Å². The van der Waals surface area contributed by atoms with Crippen LogP contribution in [-0.4, -0.2) is 40.8 Å². The fourth-order valence-electron chi connectivity index (χ4n) is 1.69. The number of rotatable bonds is 6. The molecule has 0 bridgehead atoms. The maximum Gasteiger partial charge on any atom is 0.288 e. The number of nitrogens with one attached hydrogen (secondary N) is 1. The van der Waals surface area contributed by atoms with E-state index in [1.807, 2.05) is 13.8 Å². The van der Waals surface area contributed by atoms with Gasteiger partial charge in [-0.15, -0.1) is 0 Å². The number of thioether (sulfide) groups is 1. The van der Waals surface area contributed by atoms with Gasteiger partial charge in [0.05, 0.1) is 5.75 Å². The molecule has 0 aromatic heterocycles. The molecular weight excluding hydrogens is 240 g/mol. The molecule has 0 aromatic carbocycles. The Hall–Kier alpha value is -1.04. The quantitative estimate of drug-likeness (QED) is 0.778. The lowest BCUT2D eigenvalue weighted by Crippen LogP contribution is -2.39. The molecule has 1 aliphatic rings. The minimum absolute atomic E-state index is 0.00162. The number of hydrogen-bond acceptors (Lipinski definition) is 4. The molecule has 1 fully saturated rings. The highest BCUT2D eigenvalue weighted by molar-refractivity contribution is 8.14. The molecule has 1 saturated heterocycles. The van der Waals surface area contributed by atoms with Crippen molar-refractivity contribution >= 4 is 28.8 Å². The maximum atomic E-state index is 11.6. The summed E-state index contributed by atoms with van der Waals surface area (Å²) in [7, 11) is 0. The van der Waals surface area contributed by atoms with Gasteiger partial charge in [0.2, 0.25) is 11.8 Å². The number of hydrogen-bond donors (Lipinski definition) is 1. The van der Waals surface area contributed by atoms with E-state index in [0.717, 1.165) is 24.6 Å². The summed E-state index contributed by atoms with van der Waals surface area (Å²) in [4.78, 5) is 35.4. The van der Waals surface area contributed by atoms with Crippen LogP contribution in [0.2, 0.25) is 0 Å². The number of carbonyl (C=O) groups excluding carboxylic acids is 3. The molecule has 0 aliphatic carbocycles. The van der Waals surface area contributed by atoms with Crippen LogP contribution in [0.3, 0.4) is 0 Å². The molecule has 0 aromatic rings. The molecule has 5 nitrogen and oxygen atoms in total. The zero-order valence-corrected chi connectivity index (χ0v) is 11.0. The SMILES string of the molecule is CCC(CC)C(=O)NCCN1C(=O)CSC1=O. The first-order chi connectivity index (χ1) is 8.10. The van der Waals surface area contributed by atoms with Crippen molar-refractivity contribution in [2.45, 2.75) is 26.7 Å². The van der Waals surface area contributed by atoms with Gasteiger partial charge in [0.1, 0.15) is 0 Å². The van der Waals surface area contributed by atoms with E-state index in [-0.39, 0.29) is 35.3 Å². The normalized spacial score (nSPS) is 15.8. The lowest BCUT2D eigenvalue weighted by atomic mass is 10.0. The van der Waals surface area contributed by atoms with E-state index >= 15 is 0 Å². The van der Waals surface area contributed by atoms with Gasteiger partial charge in [-0.25, -0.2) is 0 Å². The zero-order chi connectivity index (χ0) is 12.8. The third kappa shape index (κ3) is 3.73. The molecule has 17 heavy (non-hydrogen) atoms. The Morgan fingerprint density at radius 3 is 2.53 bits per heavy atom. The van der Waals surface area contributed by atoms with Crippen molar-refractivity contribution in [3.63, 3.8) is 0 Å². The second kappa shape index (κ2) is 6.64. The van der Waals surface area contributed by atoms with Gasteiger partial charge < -0.3 is 5.32 Å². The van der Waals surface area contributed by atoms with E-state index in [2.05, 4.69) is 5.32 Å². The highest BCUT2D eigenvalue weighted by Crippen LogP contribution is 2.17. The van der Waals surface area contributed by atoms with Gasteiger partial charge >= 0.3 is 0 Å². The fraction of sp³-hybridized carbons (Fsp3) is 0.727. The van der Waals surface area contributed by atoms with E-state index in [4.69, 9.17) is 0 Å². The Morgan fingerprint density at radius 2 is 2.06 bits per heavy atom.